The van der Waals surface area contributed by atoms with Crippen molar-refractivity contribution in [1.82, 2.24) is 10.6 Å². The van der Waals surface area contributed by atoms with Gasteiger partial charge in [0.2, 0.25) is 0 Å². The summed E-state index contributed by atoms with van der Waals surface area (Å²) in [5, 5.41) is 38.7. The fourth-order valence-electron chi connectivity index (χ4n) is 1.67. The van der Waals surface area contributed by atoms with Crippen molar-refractivity contribution in [3.8, 4) is 0 Å². The van der Waals surface area contributed by atoms with Crippen LogP contribution in [0.4, 0.5) is 11.4 Å². The van der Waals surface area contributed by atoms with Gasteiger partial charge in [0, 0.05) is 72.1 Å². The van der Waals surface area contributed by atoms with Gasteiger partial charge in [-0.1, -0.05) is 73.6 Å². The molecule has 43 heavy (non-hydrogen) atoms. The number of hydrogen-bond acceptors (Lipinski definition) is 8. The molecule has 0 atom stereocenters. The maximum atomic E-state index is 9.89. The van der Waals surface area contributed by atoms with E-state index < -0.39 is 0 Å². The van der Waals surface area contributed by atoms with Crippen molar-refractivity contribution in [2.45, 2.75) is 13.1 Å². The second kappa shape index (κ2) is 54.9. The minimum atomic E-state index is 0. The van der Waals surface area contributed by atoms with Gasteiger partial charge in [0.15, 0.2) is 0 Å². The molecule has 2 rings (SSSR count). The van der Waals surface area contributed by atoms with E-state index in [9.17, 15) is 19.2 Å². The van der Waals surface area contributed by atoms with Crippen LogP contribution >= 0.6 is 0 Å². The molecule has 6 radical (unpaired) electrons. The molecule has 2 aromatic carbocycles. The molecule has 4 amide bonds. The summed E-state index contributed by atoms with van der Waals surface area (Å²) in [6, 6.07) is 15.5. The molecule has 8 N–H and O–H groups in total. The summed E-state index contributed by atoms with van der Waals surface area (Å²) in [7, 11) is 1.60. The van der Waals surface area contributed by atoms with Gasteiger partial charge in [-0.2, -0.15) is 12.8 Å². The molecule has 0 saturated carbocycles. The van der Waals surface area contributed by atoms with Crippen molar-refractivity contribution in [3.05, 3.63) is 48.5 Å². The van der Waals surface area contributed by atoms with E-state index in [-0.39, 0.29) is 72.1 Å². The SMILES string of the molecule is C[Si]c1ccc(N[C-]=O)cc1.C[Si]c1ccc(N[C-]=O)cc1.O=[C-]NCN[C-]=O.O=[C-]O.O=[C-]O.O=[C-]O.O=[C-]O.[Y].[Y]. The van der Waals surface area contributed by atoms with Crippen molar-refractivity contribution in [2.75, 3.05) is 17.3 Å². The van der Waals surface area contributed by atoms with Crippen LogP contribution in [0.25, 0.3) is 0 Å². The zero-order chi connectivity index (χ0) is 32.6. The van der Waals surface area contributed by atoms with Gasteiger partial charge in [-0.05, 0) is 0 Å². The van der Waals surface area contributed by atoms with Crippen LogP contribution < -0.4 is 31.6 Å². The smallest absolute Gasteiger partial charge is 0.0771 e. The van der Waals surface area contributed by atoms with Crippen LogP contribution in [0.15, 0.2) is 48.5 Å². The van der Waals surface area contributed by atoms with Crippen LogP contribution in [0.1, 0.15) is 0 Å². The van der Waals surface area contributed by atoms with Crippen LogP contribution in [0.2, 0.25) is 13.1 Å². The molecule has 0 fully saturated rings. The number of aliphatic hydroxyl groups excluding tert-OH is 4. The molecule has 0 aliphatic rings. The first-order chi connectivity index (χ1) is 19.8. The number of carbonyl (C=O) groups excluding carboxylic acids is 4. The van der Waals surface area contributed by atoms with E-state index in [1.807, 2.05) is 48.5 Å². The Bertz CT molecular complexity index is 833. The van der Waals surface area contributed by atoms with Crippen LogP contribution in [0, 0.1) is 0 Å². The van der Waals surface area contributed by atoms with E-state index in [4.69, 9.17) is 39.6 Å². The van der Waals surface area contributed by atoms with Gasteiger partial charge in [-0.3, -0.25) is 0 Å². The zero-order valence-electron chi connectivity index (χ0n) is 22.5. The predicted molar refractivity (Wildman–Crippen MR) is 150 cm³/mol. The molecule has 230 valence electrons. The Kier molecular flexibility index (Phi) is 71.1. The summed E-state index contributed by atoms with van der Waals surface area (Å²) >= 11 is 0. The van der Waals surface area contributed by atoms with Gasteiger partial charge < -0.3 is 80.0 Å². The molecule has 16 nitrogen and oxygen atoms in total. The topological polar surface area (TPSA) is 266 Å². The fraction of sp³-hybridized carbons (Fsp3) is 0.130. The van der Waals surface area contributed by atoms with Crippen LogP contribution in [-0.2, 0) is 104 Å². The average Bonchev–Trinajstić information content (AvgIpc) is 2.97. The Hall–Kier alpha value is -3.16. The molecule has 0 unspecified atom stereocenters. The Morgan fingerprint density at radius 2 is 0.744 bits per heavy atom. The fourth-order valence-corrected chi connectivity index (χ4v) is 2.67. The Morgan fingerprint density at radius 1 is 0.512 bits per heavy atom. The zero-order valence-corrected chi connectivity index (χ0v) is 30.2. The Morgan fingerprint density at radius 3 is 0.907 bits per heavy atom. The number of benzene rings is 2. The van der Waals surface area contributed by atoms with E-state index in [0.717, 1.165) is 30.4 Å². The molecule has 0 spiro atoms. The Labute approximate surface area is 303 Å². The molecule has 0 aromatic heterocycles. The second-order valence-corrected chi connectivity index (χ2v) is 7.36. The summed E-state index contributed by atoms with van der Waals surface area (Å²) in [4.78, 5) is 71.3. The van der Waals surface area contributed by atoms with Crippen molar-refractivity contribution in [1.29, 1.82) is 0 Å². The van der Waals surface area contributed by atoms with Gasteiger partial charge in [-0.25, -0.2) is 0 Å². The van der Waals surface area contributed by atoms with E-state index in [2.05, 4.69) is 34.4 Å². The van der Waals surface area contributed by atoms with Gasteiger partial charge in [0.1, 0.15) is 0 Å². The third-order valence-corrected chi connectivity index (χ3v) is 4.88. The Balaban J connectivity index is -0.0000000759. The first-order valence-electron chi connectivity index (χ1n) is 9.88. The molecule has 0 bridgehead atoms. The molecular weight excluding hydrogens is 758 g/mol. The number of hydrogen-bond donors (Lipinski definition) is 8. The first-order valence-corrected chi connectivity index (χ1v) is 12.9. The van der Waals surface area contributed by atoms with Crippen LogP contribution in [0.3, 0.4) is 0 Å². The summed E-state index contributed by atoms with van der Waals surface area (Å²) < 4.78 is 0. The minimum Gasteiger partial charge on any atom is -0.665 e. The molecular formula is C23H24N4O12Si2Y2-8. The normalized spacial score (nSPS) is 6.93. The molecule has 0 saturated heterocycles. The number of nitrogens with one attached hydrogen (secondary N) is 4. The average molecular weight is 782 g/mol. The predicted octanol–water partition coefficient (Wildman–Crippen LogP) is -2.21. The van der Waals surface area contributed by atoms with E-state index in [1.165, 1.54) is 23.2 Å². The monoisotopic (exact) mass is 782 g/mol. The van der Waals surface area contributed by atoms with Gasteiger partial charge >= 0.3 is 0 Å². The van der Waals surface area contributed by atoms with Crippen molar-refractivity contribution in [2.24, 2.45) is 0 Å². The summed E-state index contributed by atoms with van der Waals surface area (Å²) in [5.41, 5.74) is 1.59. The minimum absolute atomic E-state index is 0. The molecule has 0 aliphatic heterocycles. The van der Waals surface area contributed by atoms with Gasteiger partial charge in [0.05, 0.1) is 31.9 Å². The third kappa shape index (κ3) is 55.4. The molecule has 0 heterocycles. The number of rotatable bonds is 10. The molecule has 2 aromatic rings. The van der Waals surface area contributed by atoms with Crippen molar-refractivity contribution < 1.29 is 124 Å². The van der Waals surface area contributed by atoms with Gasteiger partial charge in [0.25, 0.3) is 0 Å². The molecule has 20 heteroatoms. The molecule has 0 aliphatic carbocycles. The maximum absolute atomic E-state index is 9.89. The van der Waals surface area contributed by atoms with Crippen LogP contribution in [0.5, 0.6) is 0 Å². The largest absolute Gasteiger partial charge is 0.665 e. The summed E-state index contributed by atoms with van der Waals surface area (Å²) in [5.74, 6) is 0. The van der Waals surface area contributed by atoms with Gasteiger partial charge in [-0.15, -0.1) is 35.6 Å². The summed E-state index contributed by atoms with van der Waals surface area (Å²) in [6.45, 7) is 6.33. The van der Waals surface area contributed by atoms with Crippen LogP contribution in [-0.4, -0.2) is 97.7 Å². The number of anilines is 2. The second-order valence-electron chi connectivity index (χ2n) is 5.21. The van der Waals surface area contributed by atoms with E-state index in [0.29, 0.717) is 25.9 Å². The standard InChI is InChI=1S/2C8H8NOSi.C3H4N2O2.4CHO2.2Y/c2*1-11-8-4-2-7(3-5-8)9-6-10;6-2-4-1-5-3-7;4*2-1-3;;/h2*2-5H,1H3,(H,9,10);1H2,(H,4,6)(H,5,7);4*(H,2,3);;/q2*-1;-2;4*-1;;. The third-order valence-electron chi connectivity index (χ3n) is 3.06. The van der Waals surface area contributed by atoms with E-state index in [1.54, 1.807) is 12.8 Å². The first kappa shape index (κ1) is 55.7. The van der Waals surface area contributed by atoms with Crippen molar-refractivity contribution >= 4 is 92.3 Å². The number of amides is 4. The maximum Gasteiger partial charge on any atom is 0.0771 e. The van der Waals surface area contributed by atoms with E-state index >= 15 is 0 Å². The quantitative estimate of drug-likeness (QED) is 0.0419. The van der Waals surface area contributed by atoms with Crippen molar-refractivity contribution in [3.63, 3.8) is 0 Å². The summed E-state index contributed by atoms with van der Waals surface area (Å²) in [6.07, 6.45) is 5.97.